The Hall–Kier alpha value is -2.47. The minimum absolute atomic E-state index is 0.118. The number of carboxylic acids is 1. The number of hydrogen-bond acceptors (Lipinski definition) is 4. The Bertz CT molecular complexity index is 791. The SMILES string of the molecule is COc1ccc(SCCC(=O)N2CCc3ccccc3C2C(=O)O)cc1. The summed E-state index contributed by atoms with van der Waals surface area (Å²) in [5.41, 5.74) is 1.74. The quantitative estimate of drug-likeness (QED) is 0.789. The fraction of sp³-hybridized carbons (Fsp3) is 0.300. The average Bonchev–Trinajstić information content (AvgIpc) is 2.67. The number of fused-ring (bicyclic) bond motifs is 1. The van der Waals surface area contributed by atoms with Crippen molar-refractivity contribution < 1.29 is 19.4 Å². The third-order valence-corrected chi connectivity index (χ3v) is 5.50. The number of aliphatic carboxylic acids is 1. The van der Waals surface area contributed by atoms with Crippen molar-refractivity contribution in [3.8, 4) is 5.75 Å². The first kappa shape index (κ1) is 18.3. The predicted molar refractivity (Wildman–Crippen MR) is 101 cm³/mol. The van der Waals surface area contributed by atoms with Crippen LogP contribution in [0.3, 0.4) is 0 Å². The summed E-state index contributed by atoms with van der Waals surface area (Å²) in [5, 5.41) is 9.65. The maximum absolute atomic E-state index is 12.6. The van der Waals surface area contributed by atoms with Crippen molar-refractivity contribution in [1.82, 2.24) is 4.90 Å². The normalized spacial score (nSPS) is 16.0. The molecule has 26 heavy (non-hydrogen) atoms. The lowest BCUT2D eigenvalue weighted by Gasteiger charge is -2.34. The van der Waals surface area contributed by atoms with Crippen molar-refractivity contribution in [3.63, 3.8) is 0 Å². The highest BCUT2D eigenvalue weighted by molar-refractivity contribution is 7.99. The number of carbonyl (C=O) groups excluding carboxylic acids is 1. The smallest absolute Gasteiger partial charge is 0.331 e. The third kappa shape index (κ3) is 4.02. The number of rotatable bonds is 6. The first-order chi connectivity index (χ1) is 12.6. The Morgan fingerprint density at radius 1 is 1.19 bits per heavy atom. The molecule has 1 aliphatic heterocycles. The fourth-order valence-electron chi connectivity index (χ4n) is 3.17. The number of carboxylic acid groups (broad SMARTS) is 1. The number of methoxy groups -OCH3 is 1. The largest absolute Gasteiger partial charge is 0.497 e. The van der Waals surface area contributed by atoms with E-state index in [0.717, 1.165) is 21.8 Å². The molecule has 2 aromatic rings. The Kier molecular flexibility index (Phi) is 5.83. The number of nitrogens with zero attached hydrogens (tertiary/aromatic N) is 1. The lowest BCUT2D eigenvalue weighted by Crippen LogP contribution is -2.43. The molecule has 1 aliphatic rings. The van der Waals surface area contributed by atoms with Crippen LogP contribution in [0.25, 0.3) is 0 Å². The van der Waals surface area contributed by atoms with Crippen LogP contribution in [0.5, 0.6) is 5.75 Å². The molecular weight excluding hydrogens is 350 g/mol. The summed E-state index contributed by atoms with van der Waals surface area (Å²) >= 11 is 1.58. The zero-order valence-corrected chi connectivity index (χ0v) is 15.4. The van der Waals surface area contributed by atoms with Crippen LogP contribution < -0.4 is 4.74 Å². The molecule has 0 bridgehead atoms. The van der Waals surface area contributed by atoms with Crippen molar-refractivity contribution >= 4 is 23.6 Å². The molecule has 1 N–H and O–H groups in total. The molecule has 1 heterocycles. The van der Waals surface area contributed by atoms with E-state index in [4.69, 9.17) is 4.74 Å². The monoisotopic (exact) mass is 371 g/mol. The van der Waals surface area contributed by atoms with Gasteiger partial charge in [0.05, 0.1) is 7.11 Å². The van der Waals surface area contributed by atoms with Gasteiger partial charge in [0.15, 0.2) is 6.04 Å². The van der Waals surface area contributed by atoms with Gasteiger partial charge in [-0.05, 0) is 41.8 Å². The molecule has 1 atom stereocenters. The van der Waals surface area contributed by atoms with Crippen LogP contribution in [0.1, 0.15) is 23.6 Å². The van der Waals surface area contributed by atoms with E-state index in [1.807, 2.05) is 42.5 Å². The van der Waals surface area contributed by atoms with E-state index in [1.165, 1.54) is 4.90 Å². The predicted octanol–water partition coefficient (Wildman–Crippen LogP) is 3.39. The Morgan fingerprint density at radius 3 is 2.62 bits per heavy atom. The minimum atomic E-state index is -0.978. The molecule has 0 saturated heterocycles. The van der Waals surface area contributed by atoms with Crippen LogP contribution in [0.2, 0.25) is 0 Å². The molecule has 0 aliphatic carbocycles. The molecular formula is C20H21NO4S. The number of ether oxygens (including phenoxy) is 1. The summed E-state index contributed by atoms with van der Waals surface area (Å²) in [5.74, 6) is 0.304. The summed E-state index contributed by atoms with van der Waals surface area (Å²) in [4.78, 5) is 27.0. The van der Waals surface area contributed by atoms with Crippen molar-refractivity contribution in [3.05, 3.63) is 59.7 Å². The molecule has 0 fully saturated rings. The van der Waals surface area contributed by atoms with E-state index in [0.29, 0.717) is 25.1 Å². The second-order valence-electron chi connectivity index (χ2n) is 6.05. The highest BCUT2D eigenvalue weighted by atomic mass is 32.2. The van der Waals surface area contributed by atoms with Crippen molar-refractivity contribution in [1.29, 1.82) is 0 Å². The zero-order chi connectivity index (χ0) is 18.5. The molecule has 136 valence electrons. The number of carbonyl (C=O) groups is 2. The molecule has 0 saturated carbocycles. The molecule has 0 spiro atoms. The van der Waals surface area contributed by atoms with E-state index in [1.54, 1.807) is 24.9 Å². The van der Waals surface area contributed by atoms with Crippen molar-refractivity contribution in [2.75, 3.05) is 19.4 Å². The van der Waals surface area contributed by atoms with Gasteiger partial charge in [0.25, 0.3) is 0 Å². The van der Waals surface area contributed by atoms with Crippen molar-refractivity contribution in [2.45, 2.75) is 23.8 Å². The maximum atomic E-state index is 12.6. The third-order valence-electron chi connectivity index (χ3n) is 4.48. The first-order valence-corrected chi connectivity index (χ1v) is 9.45. The Morgan fingerprint density at radius 2 is 1.92 bits per heavy atom. The molecule has 0 radical (unpaired) electrons. The van der Waals surface area contributed by atoms with Gasteiger partial charge < -0.3 is 14.7 Å². The van der Waals surface area contributed by atoms with Crippen LogP contribution >= 0.6 is 11.8 Å². The number of amides is 1. The van der Waals surface area contributed by atoms with Crippen LogP contribution in [-0.2, 0) is 16.0 Å². The van der Waals surface area contributed by atoms with Gasteiger partial charge in [0, 0.05) is 23.6 Å². The van der Waals surface area contributed by atoms with Gasteiger partial charge in [-0.25, -0.2) is 4.79 Å². The Balaban J connectivity index is 1.62. The van der Waals surface area contributed by atoms with E-state index in [-0.39, 0.29) is 5.91 Å². The molecule has 2 aromatic carbocycles. The fourth-order valence-corrected chi connectivity index (χ4v) is 4.01. The van der Waals surface area contributed by atoms with Gasteiger partial charge >= 0.3 is 5.97 Å². The molecule has 1 amide bonds. The van der Waals surface area contributed by atoms with Crippen molar-refractivity contribution in [2.24, 2.45) is 0 Å². The summed E-state index contributed by atoms with van der Waals surface area (Å²) in [6.45, 7) is 0.444. The summed E-state index contributed by atoms with van der Waals surface area (Å²) in [7, 11) is 1.62. The molecule has 6 heteroatoms. The van der Waals surface area contributed by atoms with Gasteiger partial charge in [0.1, 0.15) is 5.75 Å². The van der Waals surface area contributed by atoms with Gasteiger partial charge in [-0.1, -0.05) is 24.3 Å². The summed E-state index contributed by atoms with van der Waals surface area (Å²) in [6, 6.07) is 14.2. The number of hydrogen-bond donors (Lipinski definition) is 1. The summed E-state index contributed by atoms with van der Waals surface area (Å²) < 4.78 is 5.13. The van der Waals surface area contributed by atoms with Crippen LogP contribution in [0.4, 0.5) is 0 Å². The highest BCUT2D eigenvalue weighted by Crippen LogP contribution is 2.31. The highest BCUT2D eigenvalue weighted by Gasteiger charge is 2.35. The van der Waals surface area contributed by atoms with Gasteiger partial charge in [-0.15, -0.1) is 11.8 Å². The topological polar surface area (TPSA) is 66.8 Å². The molecule has 3 rings (SSSR count). The van der Waals surface area contributed by atoms with E-state index >= 15 is 0 Å². The van der Waals surface area contributed by atoms with E-state index < -0.39 is 12.0 Å². The van der Waals surface area contributed by atoms with Gasteiger partial charge in [-0.3, -0.25) is 4.79 Å². The Labute approximate surface area is 157 Å². The average molecular weight is 371 g/mol. The first-order valence-electron chi connectivity index (χ1n) is 8.47. The lowest BCUT2D eigenvalue weighted by atomic mass is 9.92. The molecule has 5 nitrogen and oxygen atoms in total. The van der Waals surface area contributed by atoms with E-state index in [9.17, 15) is 14.7 Å². The molecule has 1 unspecified atom stereocenters. The zero-order valence-electron chi connectivity index (χ0n) is 14.6. The second kappa shape index (κ2) is 8.27. The van der Waals surface area contributed by atoms with Gasteiger partial charge in [0.2, 0.25) is 5.91 Å². The minimum Gasteiger partial charge on any atom is -0.497 e. The number of thioether (sulfide) groups is 1. The molecule has 0 aromatic heterocycles. The van der Waals surface area contributed by atoms with E-state index in [2.05, 4.69) is 0 Å². The number of benzene rings is 2. The summed E-state index contributed by atoms with van der Waals surface area (Å²) in [6.07, 6.45) is 1.000. The lowest BCUT2D eigenvalue weighted by molar-refractivity contribution is -0.151. The standard InChI is InChI=1S/C20H21NO4S/c1-25-15-6-8-16(9-7-15)26-13-11-18(22)21-12-10-14-4-2-3-5-17(14)19(21)20(23)24/h2-9,19H,10-13H2,1H3,(H,23,24). The maximum Gasteiger partial charge on any atom is 0.331 e. The van der Waals surface area contributed by atoms with Crippen LogP contribution in [-0.4, -0.2) is 41.3 Å². The second-order valence-corrected chi connectivity index (χ2v) is 7.22. The van der Waals surface area contributed by atoms with Gasteiger partial charge in [-0.2, -0.15) is 0 Å². The van der Waals surface area contributed by atoms with Crippen LogP contribution in [0.15, 0.2) is 53.4 Å². The van der Waals surface area contributed by atoms with Crippen LogP contribution in [0, 0.1) is 0 Å².